The number of aromatic nitrogens is 3. The van der Waals surface area contributed by atoms with Crippen molar-refractivity contribution in [1.29, 1.82) is 0 Å². The number of rotatable bonds is 8. The van der Waals surface area contributed by atoms with E-state index < -0.39 is 0 Å². The Morgan fingerprint density at radius 2 is 0.525 bits per heavy atom. The molecule has 0 N–H and O–H groups in total. The van der Waals surface area contributed by atoms with E-state index in [0.717, 1.165) is 45.4 Å². The van der Waals surface area contributed by atoms with Crippen LogP contribution in [0.5, 0.6) is 0 Å². The second-order valence-corrected chi connectivity index (χ2v) is 15.6. The highest BCUT2D eigenvalue weighted by Crippen LogP contribution is 2.46. The number of benzene rings is 9. The number of fused-ring (bicyclic) bond motifs is 3. The van der Waals surface area contributed by atoms with Crippen LogP contribution in [0.3, 0.4) is 0 Å². The van der Waals surface area contributed by atoms with Gasteiger partial charge in [-0.05, 0) is 103 Å². The quantitative estimate of drug-likeness (QED) is 0.154. The molecule has 0 atom stereocenters. The maximum Gasteiger partial charge on any atom is 0.164 e. The van der Waals surface area contributed by atoms with Gasteiger partial charge in [0.15, 0.2) is 17.5 Å². The van der Waals surface area contributed by atoms with Gasteiger partial charge in [0.05, 0.1) is 0 Å². The standard InChI is InChI=1S/C58H39N3/c1-5-15-39(16-6-1)42-27-31-44(32-28-42)50-23-13-25-52-53-26-14-24-51(55(53)38-54(50)52)48-35-47(41-19-9-3-10-20-41)36-49(37-48)58-60-56(45-21-11-4-12-22-45)59-57(61-58)46-33-29-43(30-34-46)40-17-7-2-8-18-40/h1-37H,38H2. The molecule has 61 heavy (non-hydrogen) atoms. The molecule has 286 valence electrons. The molecule has 0 aliphatic heterocycles. The van der Waals surface area contributed by atoms with Crippen LogP contribution < -0.4 is 0 Å². The molecule has 9 aromatic carbocycles. The van der Waals surface area contributed by atoms with Gasteiger partial charge >= 0.3 is 0 Å². The average molecular weight is 778 g/mol. The fourth-order valence-electron chi connectivity index (χ4n) is 8.75. The minimum Gasteiger partial charge on any atom is -0.208 e. The molecule has 0 bridgehead atoms. The summed E-state index contributed by atoms with van der Waals surface area (Å²) in [7, 11) is 0. The van der Waals surface area contributed by atoms with Crippen molar-refractivity contribution in [3.63, 3.8) is 0 Å². The first-order valence-corrected chi connectivity index (χ1v) is 20.8. The van der Waals surface area contributed by atoms with Crippen LogP contribution in [-0.4, -0.2) is 15.0 Å². The third kappa shape index (κ3) is 7.03. The van der Waals surface area contributed by atoms with Gasteiger partial charge in [-0.1, -0.05) is 206 Å². The van der Waals surface area contributed by atoms with Crippen LogP contribution in [0, 0.1) is 0 Å². The highest BCUT2D eigenvalue weighted by Gasteiger charge is 2.25. The van der Waals surface area contributed by atoms with E-state index in [0.29, 0.717) is 17.5 Å². The first kappa shape index (κ1) is 36.1. The molecule has 0 saturated carbocycles. The normalized spacial score (nSPS) is 11.5. The molecule has 1 aromatic heterocycles. The monoisotopic (exact) mass is 777 g/mol. The fraction of sp³-hybridized carbons (Fsp3) is 0.0172. The Morgan fingerprint density at radius 1 is 0.213 bits per heavy atom. The predicted molar refractivity (Wildman–Crippen MR) is 252 cm³/mol. The van der Waals surface area contributed by atoms with Gasteiger partial charge in [-0.15, -0.1) is 0 Å². The van der Waals surface area contributed by atoms with Gasteiger partial charge in [-0.2, -0.15) is 0 Å². The molecular weight excluding hydrogens is 739 g/mol. The molecule has 11 rings (SSSR count). The van der Waals surface area contributed by atoms with Crippen molar-refractivity contribution < 1.29 is 0 Å². The zero-order valence-electron chi connectivity index (χ0n) is 33.4. The Labute approximate surface area is 356 Å². The predicted octanol–water partition coefficient (Wildman–Crippen LogP) is 14.8. The Bertz CT molecular complexity index is 3160. The van der Waals surface area contributed by atoms with Crippen molar-refractivity contribution >= 4 is 0 Å². The zero-order valence-corrected chi connectivity index (χ0v) is 33.4. The van der Waals surface area contributed by atoms with Crippen LogP contribution >= 0.6 is 0 Å². The van der Waals surface area contributed by atoms with E-state index in [1.54, 1.807) is 0 Å². The summed E-state index contributed by atoms with van der Waals surface area (Å²) in [6.07, 6.45) is 0.843. The summed E-state index contributed by atoms with van der Waals surface area (Å²) < 4.78 is 0. The highest BCUT2D eigenvalue weighted by molar-refractivity contribution is 5.91. The number of hydrogen-bond acceptors (Lipinski definition) is 3. The van der Waals surface area contributed by atoms with E-state index in [4.69, 9.17) is 15.0 Å². The minimum absolute atomic E-state index is 0.632. The molecule has 1 aliphatic rings. The molecule has 10 aromatic rings. The summed E-state index contributed by atoms with van der Waals surface area (Å²) >= 11 is 0. The van der Waals surface area contributed by atoms with E-state index in [2.05, 4.69) is 200 Å². The Kier molecular flexibility index (Phi) is 9.25. The van der Waals surface area contributed by atoms with Crippen LogP contribution in [0.2, 0.25) is 0 Å². The molecule has 0 spiro atoms. The van der Waals surface area contributed by atoms with E-state index >= 15 is 0 Å². The summed E-state index contributed by atoms with van der Waals surface area (Å²) in [5, 5.41) is 0. The van der Waals surface area contributed by atoms with Crippen LogP contribution in [0.4, 0.5) is 0 Å². The highest BCUT2D eigenvalue weighted by atomic mass is 15.0. The molecular formula is C58H39N3. The first-order valence-electron chi connectivity index (χ1n) is 20.8. The maximum absolute atomic E-state index is 5.22. The molecule has 0 unspecified atom stereocenters. The van der Waals surface area contributed by atoms with Crippen LogP contribution in [0.1, 0.15) is 11.1 Å². The van der Waals surface area contributed by atoms with Gasteiger partial charge in [-0.3, -0.25) is 0 Å². The van der Waals surface area contributed by atoms with Crippen LogP contribution in [0.25, 0.3) is 101 Å². The van der Waals surface area contributed by atoms with Gasteiger partial charge in [-0.25, -0.2) is 15.0 Å². The van der Waals surface area contributed by atoms with Gasteiger partial charge in [0.1, 0.15) is 0 Å². The third-order valence-electron chi connectivity index (χ3n) is 11.8. The van der Waals surface area contributed by atoms with Crippen molar-refractivity contribution in [1.82, 2.24) is 15.0 Å². The number of hydrogen-bond donors (Lipinski definition) is 0. The van der Waals surface area contributed by atoms with Crippen molar-refractivity contribution in [2.45, 2.75) is 6.42 Å². The Hall–Kier alpha value is -8.01. The van der Waals surface area contributed by atoms with Crippen LogP contribution in [0.15, 0.2) is 224 Å². The van der Waals surface area contributed by atoms with E-state index in [1.165, 1.54) is 55.6 Å². The van der Waals surface area contributed by atoms with Crippen molar-refractivity contribution in [2.75, 3.05) is 0 Å². The lowest BCUT2D eigenvalue weighted by Crippen LogP contribution is -2.01. The topological polar surface area (TPSA) is 38.7 Å². The summed E-state index contributed by atoms with van der Waals surface area (Å²) in [5.41, 5.74) is 20.0. The summed E-state index contributed by atoms with van der Waals surface area (Å²) in [5.74, 6) is 1.91. The molecule has 1 heterocycles. The largest absolute Gasteiger partial charge is 0.208 e. The first-order chi connectivity index (χ1) is 30.2. The van der Waals surface area contributed by atoms with Crippen molar-refractivity contribution in [3.05, 3.63) is 236 Å². The lowest BCUT2D eigenvalue weighted by molar-refractivity contribution is 1.07. The Morgan fingerprint density at radius 3 is 1.02 bits per heavy atom. The SMILES string of the molecule is c1ccc(-c2ccc(-c3nc(-c4ccccc4)nc(-c4cc(-c5ccccc5)cc(-c5cccc6c5Cc5c(-c7ccc(-c8ccccc8)cc7)cccc5-6)c4)n3)cc2)cc1. The average Bonchev–Trinajstić information content (AvgIpc) is 3.74. The van der Waals surface area contributed by atoms with Crippen molar-refractivity contribution in [2.24, 2.45) is 0 Å². The van der Waals surface area contributed by atoms with Crippen molar-refractivity contribution in [3.8, 4) is 101 Å². The lowest BCUT2D eigenvalue weighted by atomic mass is 9.91. The third-order valence-corrected chi connectivity index (χ3v) is 11.8. The van der Waals surface area contributed by atoms with Gasteiger partial charge in [0.25, 0.3) is 0 Å². The smallest absolute Gasteiger partial charge is 0.164 e. The molecule has 0 fully saturated rings. The molecule has 3 nitrogen and oxygen atoms in total. The fourth-order valence-corrected chi connectivity index (χ4v) is 8.75. The number of nitrogens with zero attached hydrogens (tertiary/aromatic N) is 3. The lowest BCUT2D eigenvalue weighted by Gasteiger charge is -2.14. The molecule has 1 aliphatic carbocycles. The second kappa shape index (κ2) is 15.6. The minimum atomic E-state index is 0.632. The van der Waals surface area contributed by atoms with Gasteiger partial charge < -0.3 is 0 Å². The Balaban J connectivity index is 1.03. The molecule has 0 radical (unpaired) electrons. The zero-order chi connectivity index (χ0) is 40.5. The van der Waals surface area contributed by atoms with E-state index in [-0.39, 0.29) is 0 Å². The summed E-state index contributed by atoms with van der Waals surface area (Å²) in [4.78, 5) is 15.5. The van der Waals surface area contributed by atoms with Crippen LogP contribution in [-0.2, 0) is 6.42 Å². The van der Waals surface area contributed by atoms with Gasteiger partial charge in [0.2, 0.25) is 0 Å². The second-order valence-electron chi connectivity index (χ2n) is 15.6. The summed E-state index contributed by atoms with van der Waals surface area (Å²) in [6, 6.07) is 79.6. The van der Waals surface area contributed by atoms with E-state index in [9.17, 15) is 0 Å². The molecule has 3 heteroatoms. The summed E-state index contributed by atoms with van der Waals surface area (Å²) in [6.45, 7) is 0. The molecule has 0 amide bonds. The van der Waals surface area contributed by atoms with E-state index in [1.807, 2.05) is 24.3 Å². The van der Waals surface area contributed by atoms with Gasteiger partial charge in [0, 0.05) is 16.7 Å². The molecule has 0 saturated heterocycles. The maximum atomic E-state index is 5.22.